The number of carboxylic acid groups (broad SMARTS) is 1. The Morgan fingerprint density at radius 2 is 2.29 bits per heavy atom. The molecule has 1 heterocycles. The highest BCUT2D eigenvalue weighted by molar-refractivity contribution is 5.93. The molecule has 0 fully saturated rings. The molecule has 0 bridgehead atoms. The molecule has 21 heavy (non-hydrogen) atoms. The molecule has 0 radical (unpaired) electrons. The summed E-state index contributed by atoms with van der Waals surface area (Å²) in [5.74, 6) is -0.313. The molecule has 116 valence electrons. The van der Waals surface area contributed by atoms with Crippen LogP contribution in [0.15, 0.2) is 6.07 Å². The molecule has 0 saturated heterocycles. The average Bonchev–Trinajstić information content (AvgIpc) is 2.93. The van der Waals surface area contributed by atoms with Gasteiger partial charge < -0.3 is 14.7 Å². The van der Waals surface area contributed by atoms with Crippen molar-refractivity contribution < 1.29 is 14.6 Å². The highest BCUT2D eigenvalue weighted by atomic mass is 16.5. The maximum atomic E-state index is 11.6. The molecule has 0 aromatic carbocycles. The third kappa shape index (κ3) is 3.35. The monoisotopic (exact) mass is 292 g/mol. The zero-order valence-corrected chi connectivity index (χ0v) is 13.1. The van der Waals surface area contributed by atoms with E-state index in [2.05, 4.69) is 23.7 Å². The van der Waals surface area contributed by atoms with Crippen LogP contribution in [0.1, 0.15) is 48.3 Å². The largest absolute Gasteiger partial charge is 0.478 e. The van der Waals surface area contributed by atoms with Crippen LogP contribution >= 0.6 is 0 Å². The van der Waals surface area contributed by atoms with Crippen LogP contribution < -0.4 is 4.90 Å². The standard InChI is InChI=1S/C16H24N2O3/c1-4-11(2)18(8-9-21-3)15-13(16(19)20)10-12-6-5-7-14(12)17-15/h10-11H,4-9H2,1-3H3,(H,19,20). The molecule has 2 rings (SSSR count). The third-order valence-electron chi connectivity index (χ3n) is 4.19. The number of anilines is 1. The average molecular weight is 292 g/mol. The Balaban J connectivity index is 2.44. The van der Waals surface area contributed by atoms with Crippen LogP contribution in [0.2, 0.25) is 0 Å². The Morgan fingerprint density at radius 1 is 1.52 bits per heavy atom. The summed E-state index contributed by atoms with van der Waals surface area (Å²) in [5, 5.41) is 9.53. The van der Waals surface area contributed by atoms with E-state index in [4.69, 9.17) is 4.74 Å². The number of carbonyl (C=O) groups is 1. The van der Waals surface area contributed by atoms with E-state index in [-0.39, 0.29) is 6.04 Å². The lowest BCUT2D eigenvalue weighted by Gasteiger charge is -2.31. The van der Waals surface area contributed by atoms with Gasteiger partial charge in [0.15, 0.2) is 0 Å². The van der Waals surface area contributed by atoms with Crippen molar-refractivity contribution in [2.75, 3.05) is 25.2 Å². The minimum absolute atomic E-state index is 0.227. The molecule has 0 aliphatic heterocycles. The number of ether oxygens (including phenoxy) is 1. The lowest BCUT2D eigenvalue weighted by molar-refractivity contribution is 0.0696. The van der Waals surface area contributed by atoms with Crippen molar-refractivity contribution in [1.29, 1.82) is 0 Å². The summed E-state index contributed by atoms with van der Waals surface area (Å²) in [6.07, 6.45) is 3.87. The smallest absolute Gasteiger partial charge is 0.339 e. The third-order valence-corrected chi connectivity index (χ3v) is 4.19. The number of fused-ring (bicyclic) bond motifs is 1. The van der Waals surface area contributed by atoms with Gasteiger partial charge in [-0.25, -0.2) is 9.78 Å². The van der Waals surface area contributed by atoms with Crippen molar-refractivity contribution in [3.8, 4) is 0 Å². The number of pyridine rings is 1. The van der Waals surface area contributed by atoms with E-state index in [9.17, 15) is 9.90 Å². The molecule has 1 N–H and O–H groups in total. The van der Waals surface area contributed by atoms with E-state index in [1.807, 2.05) is 6.07 Å². The summed E-state index contributed by atoms with van der Waals surface area (Å²) >= 11 is 0. The highest BCUT2D eigenvalue weighted by Crippen LogP contribution is 2.29. The van der Waals surface area contributed by atoms with Crippen molar-refractivity contribution in [1.82, 2.24) is 4.98 Å². The summed E-state index contributed by atoms with van der Waals surface area (Å²) < 4.78 is 5.16. The van der Waals surface area contributed by atoms with E-state index < -0.39 is 5.97 Å². The van der Waals surface area contributed by atoms with Crippen LogP contribution in [-0.2, 0) is 17.6 Å². The van der Waals surface area contributed by atoms with Gasteiger partial charge in [0.05, 0.1) is 6.61 Å². The van der Waals surface area contributed by atoms with Gasteiger partial charge in [0.25, 0.3) is 0 Å². The molecule has 1 unspecified atom stereocenters. The number of rotatable bonds is 7. The second-order valence-corrected chi connectivity index (χ2v) is 5.57. The van der Waals surface area contributed by atoms with E-state index in [0.29, 0.717) is 24.5 Å². The minimum Gasteiger partial charge on any atom is -0.478 e. The first kappa shape index (κ1) is 15.8. The second-order valence-electron chi connectivity index (χ2n) is 5.57. The van der Waals surface area contributed by atoms with E-state index in [1.165, 1.54) is 0 Å². The van der Waals surface area contributed by atoms with E-state index in [1.54, 1.807) is 7.11 Å². The Labute approximate surface area is 125 Å². The second kappa shape index (κ2) is 6.89. The minimum atomic E-state index is -0.905. The van der Waals surface area contributed by atoms with E-state index in [0.717, 1.165) is 36.9 Å². The van der Waals surface area contributed by atoms with Crippen LogP contribution in [-0.4, -0.2) is 42.4 Å². The summed E-state index contributed by atoms with van der Waals surface area (Å²) in [6.45, 7) is 5.40. The highest BCUT2D eigenvalue weighted by Gasteiger charge is 2.25. The van der Waals surface area contributed by atoms with Crippen LogP contribution in [0.25, 0.3) is 0 Å². The fraction of sp³-hybridized carbons (Fsp3) is 0.625. The lowest BCUT2D eigenvalue weighted by atomic mass is 10.1. The number of aromatic carboxylic acids is 1. The Kier molecular flexibility index (Phi) is 5.17. The molecule has 5 nitrogen and oxygen atoms in total. The molecular weight excluding hydrogens is 268 g/mol. The van der Waals surface area contributed by atoms with Crippen molar-refractivity contribution in [3.05, 3.63) is 22.9 Å². The van der Waals surface area contributed by atoms with Crippen molar-refractivity contribution in [3.63, 3.8) is 0 Å². The molecule has 1 atom stereocenters. The molecule has 1 aliphatic carbocycles. The first-order valence-corrected chi connectivity index (χ1v) is 7.60. The van der Waals surface area contributed by atoms with Gasteiger partial charge in [-0.3, -0.25) is 0 Å². The quantitative estimate of drug-likeness (QED) is 0.836. The molecule has 0 amide bonds. The van der Waals surface area contributed by atoms with E-state index >= 15 is 0 Å². The van der Waals surface area contributed by atoms with Crippen LogP contribution in [0, 0.1) is 0 Å². The van der Waals surface area contributed by atoms with Gasteiger partial charge in [0.1, 0.15) is 11.4 Å². The van der Waals surface area contributed by atoms with Gasteiger partial charge in [-0.05, 0) is 44.2 Å². The van der Waals surface area contributed by atoms with Crippen LogP contribution in [0.5, 0.6) is 0 Å². The maximum absolute atomic E-state index is 11.6. The van der Waals surface area contributed by atoms with Gasteiger partial charge in [-0.1, -0.05) is 6.92 Å². The number of methoxy groups -OCH3 is 1. The first-order chi connectivity index (χ1) is 10.1. The van der Waals surface area contributed by atoms with Gasteiger partial charge in [-0.2, -0.15) is 0 Å². The van der Waals surface area contributed by atoms with Crippen molar-refractivity contribution >= 4 is 11.8 Å². The van der Waals surface area contributed by atoms with Crippen LogP contribution in [0.3, 0.4) is 0 Å². The fourth-order valence-electron chi connectivity index (χ4n) is 2.78. The number of hydrogen-bond donors (Lipinski definition) is 1. The van der Waals surface area contributed by atoms with Crippen molar-refractivity contribution in [2.45, 2.75) is 45.6 Å². The number of hydrogen-bond acceptors (Lipinski definition) is 4. The molecule has 1 aromatic heterocycles. The van der Waals surface area contributed by atoms with Gasteiger partial charge in [0, 0.05) is 25.4 Å². The molecule has 0 spiro atoms. The van der Waals surface area contributed by atoms with Crippen LogP contribution in [0.4, 0.5) is 5.82 Å². The summed E-state index contributed by atoms with van der Waals surface area (Å²) in [5.41, 5.74) is 2.46. The SMILES string of the molecule is CCC(C)N(CCOC)c1nc2c(cc1C(=O)O)CCC2. The fourth-order valence-corrected chi connectivity index (χ4v) is 2.78. The van der Waals surface area contributed by atoms with Gasteiger partial charge in [0.2, 0.25) is 0 Å². The Bertz CT molecular complexity index is 516. The first-order valence-electron chi connectivity index (χ1n) is 7.60. The predicted molar refractivity (Wildman–Crippen MR) is 82.2 cm³/mol. The van der Waals surface area contributed by atoms with Crippen molar-refractivity contribution in [2.24, 2.45) is 0 Å². The van der Waals surface area contributed by atoms with Gasteiger partial charge in [-0.15, -0.1) is 0 Å². The molecular formula is C16H24N2O3. The number of aromatic nitrogens is 1. The molecule has 1 aliphatic rings. The predicted octanol–water partition coefficient (Wildman–Crippen LogP) is 2.52. The Hall–Kier alpha value is -1.62. The number of nitrogens with zero attached hydrogens (tertiary/aromatic N) is 2. The Morgan fingerprint density at radius 3 is 2.90 bits per heavy atom. The summed E-state index contributed by atoms with van der Waals surface area (Å²) in [4.78, 5) is 18.4. The zero-order chi connectivity index (χ0) is 15.4. The summed E-state index contributed by atoms with van der Waals surface area (Å²) in [6, 6.07) is 2.04. The number of carboxylic acids is 1. The van der Waals surface area contributed by atoms with Gasteiger partial charge >= 0.3 is 5.97 Å². The topological polar surface area (TPSA) is 62.7 Å². The molecule has 5 heteroatoms. The normalized spacial score (nSPS) is 14.8. The molecule has 0 saturated carbocycles. The zero-order valence-electron chi connectivity index (χ0n) is 13.1. The maximum Gasteiger partial charge on any atom is 0.339 e. The number of aryl methyl sites for hydroxylation is 2. The lowest BCUT2D eigenvalue weighted by Crippen LogP contribution is -2.37. The summed E-state index contributed by atoms with van der Waals surface area (Å²) in [7, 11) is 1.66. The molecule has 1 aromatic rings.